The third-order valence-corrected chi connectivity index (χ3v) is 7.73. The van der Waals surface area contributed by atoms with Crippen molar-refractivity contribution >= 4 is 5.97 Å². The van der Waals surface area contributed by atoms with Crippen molar-refractivity contribution < 1.29 is 14.6 Å². The van der Waals surface area contributed by atoms with Gasteiger partial charge in [0.15, 0.2) is 0 Å². The topological polar surface area (TPSA) is 49.8 Å². The van der Waals surface area contributed by atoms with Gasteiger partial charge in [0.1, 0.15) is 0 Å². The lowest BCUT2D eigenvalue weighted by atomic mass is 9.52. The van der Waals surface area contributed by atoms with Crippen LogP contribution in [0.4, 0.5) is 0 Å². The van der Waals surface area contributed by atoms with Gasteiger partial charge in [0.25, 0.3) is 0 Å². The molecule has 0 bridgehead atoms. The average molecular weight is 320 g/mol. The van der Waals surface area contributed by atoms with Gasteiger partial charge in [-0.15, -0.1) is 0 Å². The molecule has 1 saturated heterocycles. The quantitative estimate of drug-likeness (QED) is 0.771. The average Bonchev–Trinajstić information content (AvgIpc) is 3.34. The molecule has 4 fully saturated rings. The van der Waals surface area contributed by atoms with Crippen LogP contribution in [0, 0.1) is 29.1 Å². The molecule has 130 valence electrons. The zero-order valence-electron chi connectivity index (χ0n) is 14.5. The number of hydrogen-bond acceptors (Lipinski definition) is 2. The molecule has 3 aliphatic carbocycles. The van der Waals surface area contributed by atoms with Crippen LogP contribution in [-0.2, 0) is 9.53 Å². The Kier molecular flexibility index (Phi) is 4.19. The molecule has 1 heterocycles. The van der Waals surface area contributed by atoms with Gasteiger partial charge in [-0.05, 0) is 62.7 Å². The van der Waals surface area contributed by atoms with E-state index in [0.29, 0.717) is 30.0 Å². The van der Waals surface area contributed by atoms with Crippen molar-refractivity contribution in [2.75, 3.05) is 0 Å². The van der Waals surface area contributed by atoms with Crippen LogP contribution in [0.5, 0.6) is 0 Å². The van der Waals surface area contributed by atoms with Crippen molar-refractivity contribution in [3.8, 4) is 0 Å². The van der Waals surface area contributed by atoms with Gasteiger partial charge >= 0.3 is 5.97 Å². The molecule has 0 amide bonds. The van der Waals surface area contributed by atoms with Crippen LogP contribution in [0.25, 0.3) is 0 Å². The van der Waals surface area contributed by atoms with Crippen LogP contribution < -0.4 is 0 Å². The van der Waals surface area contributed by atoms with Crippen LogP contribution in [0.1, 0.15) is 77.6 Å². The number of epoxide rings is 1. The van der Waals surface area contributed by atoms with Gasteiger partial charge < -0.3 is 9.84 Å². The van der Waals surface area contributed by atoms with Crippen molar-refractivity contribution in [1.82, 2.24) is 0 Å². The first-order valence-corrected chi connectivity index (χ1v) is 9.98. The van der Waals surface area contributed by atoms with Gasteiger partial charge in [0.2, 0.25) is 0 Å². The summed E-state index contributed by atoms with van der Waals surface area (Å²) >= 11 is 0. The Morgan fingerprint density at radius 2 is 1.74 bits per heavy atom. The number of ether oxygens (including phenoxy) is 1. The van der Waals surface area contributed by atoms with E-state index in [0.717, 1.165) is 25.2 Å². The molecular weight excluding hydrogens is 288 g/mol. The number of carbonyl (C=O) groups is 1. The number of hydrogen-bond donors (Lipinski definition) is 1. The van der Waals surface area contributed by atoms with Crippen molar-refractivity contribution in [2.45, 2.75) is 89.8 Å². The summed E-state index contributed by atoms with van der Waals surface area (Å²) in [5.74, 6) is 1.84. The molecule has 1 aliphatic heterocycles. The molecule has 4 rings (SSSR count). The Labute approximate surface area is 140 Å². The molecule has 3 heteroatoms. The fourth-order valence-electron chi connectivity index (χ4n) is 6.50. The monoisotopic (exact) mass is 320 g/mol. The van der Waals surface area contributed by atoms with Crippen molar-refractivity contribution in [3.63, 3.8) is 0 Å². The van der Waals surface area contributed by atoms with Gasteiger partial charge in [-0.1, -0.05) is 38.5 Å². The molecule has 0 aromatic carbocycles. The van der Waals surface area contributed by atoms with Crippen LogP contribution in [0.2, 0.25) is 0 Å². The summed E-state index contributed by atoms with van der Waals surface area (Å²) in [6.07, 6.45) is 14.5. The lowest BCUT2D eigenvalue weighted by Gasteiger charge is -2.51. The molecule has 1 N–H and O–H groups in total. The van der Waals surface area contributed by atoms with E-state index in [1.807, 2.05) is 0 Å². The van der Waals surface area contributed by atoms with E-state index < -0.39 is 11.4 Å². The summed E-state index contributed by atoms with van der Waals surface area (Å²) in [6.45, 7) is 2.06. The predicted molar refractivity (Wildman–Crippen MR) is 89.2 cm³/mol. The maximum Gasteiger partial charge on any atom is 0.309 e. The zero-order valence-corrected chi connectivity index (χ0v) is 14.5. The fourth-order valence-corrected chi connectivity index (χ4v) is 6.50. The van der Waals surface area contributed by atoms with Gasteiger partial charge in [-0.2, -0.15) is 0 Å². The third kappa shape index (κ3) is 2.83. The SMILES string of the molecule is CC1(C(=O)O)CCCC(C2CCCCC2)C1C1CCC2OC2C1. The van der Waals surface area contributed by atoms with Gasteiger partial charge in [-0.3, -0.25) is 4.79 Å². The van der Waals surface area contributed by atoms with Crippen LogP contribution in [0.15, 0.2) is 0 Å². The Morgan fingerprint density at radius 3 is 2.43 bits per heavy atom. The van der Waals surface area contributed by atoms with Crippen molar-refractivity contribution in [3.05, 3.63) is 0 Å². The van der Waals surface area contributed by atoms with Crippen molar-refractivity contribution in [2.24, 2.45) is 29.1 Å². The van der Waals surface area contributed by atoms with E-state index in [9.17, 15) is 9.90 Å². The Morgan fingerprint density at radius 1 is 0.957 bits per heavy atom. The first-order chi connectivity index (χ1) is 11.1. The maximum absolute atomic E-state index is 12.2. The molecule has 0 radical (unpaired) electrons. The molecule has 0 spiro atoms. The predicted octanol–water partition coefficient (Wildman–Crippen LogP) is 4.64. The highest BCUT2D eigenvalue weighted by atomic mass is 16.6. The molecule has 6 atom stereocenters. The number of carboxylic acid groups (broad SMARTS) is 1. The molecule has 6 unspecified atom stereocenters. The number of aliphatic carboxylic acids is 1. The highest BCUT2D eigenvalue weighted by Crippen LogP contribution is 2.57. The molecular formula is C20H32O3. The van der Waals surface area contributed by atoms with E-state index in [-0.39, 0.29) is 0 Å². The summed E-state index contributed by atoms with van der Waals surface area (Å²) in [5, 5.41) is 10.1. The Bertz CT molecular complexity index is 456. The highest BCUT2D eigenvalue weighted by Gasteiger charge is 2.55. The second kappa shape index (κ2) is 6.06. The molecule has 3 saturated carbocycles. The second-order valence-electron chi connectivity index (χ2n) is 8.99. The Hall–Kier alpha value is -0.570. The molecule has 4 aliphatic rings. The van der Waals surface area contributed by atoms with E-state index in [1.165, 1.54) is 51.4 Å². The smallest absolute Gasteiger partial charge is 0.309 e. The van der Waals surface area contributed by atoms with Crippen LogP contribution in [-0.4, -0.2) is 23.3 Å². The van der Waals surface area contributed by atoms with Gasteiger partial charge in [-0.25, -0.2) is 0 Å². The van der Waals surface area contributed by atoms with E-state index in [2.05, 4.69) is 6.92 Å². The van der Waals surface area contributed by atoms with Gasteiger partial charge in [0, 0.05) is 0 Å². The molecule has 3 nitrogen and oxygen atoms in total. The summed E-state index contributed by atoms with van der Waals surface area (Å²) in [6, 6.07) is 0. The normalized spacial score (nSPS) is 47.8. The zero-order chi connectivity index (χ0) is 16.0. The lowest BCUT2D eigenvalue weighted by molar-refractivity contribution is -0.161. The van der Waals surface area contributed by atoms with E-state index in [1.54, 1.807) is 0 Å². The Balaban J connectivity index is 1.61. The number of carboxylic acids is 1. The summed E-state index contributed by atoms with van der Waals surface area (Å²) in [4.78, 5) is 12.2. The molecule has 23 heavy (non-hydrogen) atoms. The molecule has 0 aromatic rings. The van der Waals surface area contributed by atoms with Crippen molar-refractivity contribution in [1.29, 1.82) is 0 Å². The maximum atomic E-state index is 12.2. The minimum atomic E-state index is -0.540. The first-order valence-electron chi connectivity index (χ1n) is 9.98. The highest BCUT2D eigenvalue weighted by molar-refractivity contribution is 5.74. The second-order valence-corrected chi connectivity index (χ2v) is 8.99. The standard InChI is InChI=1S/C20H32O3/c1-20(19(21)22)11-5-8-15(13-6-3-2-4-7-13)18(20)14-9-10-16-17(12-14)23-16/h13-18H,2-12H2,1H3,(H,21,22). The minimum absolute atomic E-state index is 0.377. The summed E-state index contributed by atoms with van der Waals surface area (Å²) in [5.41, 5.74) is -0.507. The minimum Gasteiger partial charge on any atom is -0.481 e. The number of fused-ring (bicyclic) bond motifs is 1. The number of rotatable bonds is 3. The lowest BCUT2D eigenvalue weighted by Crippen LogP contribution is -2.49. The van der Waals surface area contributed by atoms with Crippen LogP contribution in [0.3, 0.4) is 0 Å². The fraction of sp³-hybridized carbons (Fsp3) is 0.950. The first kappa shape index (κ1) is 15.9. The largest absolute Gasteiger partial charge is 0.481 e. The van der Waals surface area contributed by atoms with Crippen LogP contribution >= 0.6 is 0 Å². The van der Waals surface area contributed by atoms with E-state index >= 15 is 0 Å². The summed E-state index contributed by atoms with van der Waals surface area (Å²) in [7, 11) is 0. The third-order valence-electron chi connectivity index (χ3n) is 7.73. The van der Waals surface area contributed by atoms with Gasteiger partial charge in [0.05, 0.1) is 17.6 Å². The molecule has 0 aromatic heterocycles. The van der Waals surface area contributed by atoms with E-state index in [4.69, 9.17) is 4.74 Å². The summed E-state index contributed by atoms with van der Waals surface area (Å²) < 4.78 is 5.76.